The SMILES string of the molecule is O=C(O)CCn1c(=O)nc(C2CCCC2)c2cc(O)c(O)cc21. The highest BCUT2D eigenvalue weighted by Crippen LogP contribution is 2.38. The van der Waals surface area contributed by atoms with Crippen molar-refractivity contribution in [3.05, 3.63) is 28.3 Å². The summed E-state index contributed by atoms with van der Waals surface area (Å²) in [4.78, 5) is 27.3. The van der Waals surface area contributed by atoms with Gasteiger partial charge in [-0.05, 0) is 18.9 Å². The second-order valence-electron chi connectivity index (χ2n) is 5.91. The molecule has 0 spiro atoms. The number of phenolic OH excluding ortho intramolecular Hbond substituents is 2. The topological polar surface area (TPSA) is 113 Å². The number of nitrogens with zero attached hydrogens (tertiary/aromatic N) is 2. The van der Waals surface area contributed by atoms with Crippen LogP contribution >= 0.6 is 0 Å². The number of carboxylic acids is 1. The Morgan fingerprint density at radius 1 is 1.22 bits per heavy atom. The summed E-state index contributed by atoms with van der Waals surface area (Å²) in [7, 11) is 0. The number of carbonyl (C=O) groups is 1. The Hall–Kier alpha value is -2.57. The van der Waals surface area contributed by atoms with E-state index < -0.39 is 11.7 Å². The molecule has 0 saturated heterocycles. The Morgan fingerprint density at radius 3 is 2.52 bits per heavy atom. The molecule has 1 heterocycles. The smallest absolute Gasteiger partial charge is 0.348 e. The standard InChI is InChI=1S/C16H18N2O5/c19-12-7-10-11(8-13(12)20)18(6-5-14(21)22)16(23)17-15(10)9-3-1-2-4-9/h7-9,19-20H,1-6H2,(H,21,22). The summed E-state index contributed by atoms with van der Waals surface area (Å²) in [5.74, 6) is -1.48. The van der Waals surface area contributed by atoms with Crippen molar-refractivity contribution < 1.29 is 20.1 Å². The molecule has 7 heteroatoms. The molecule has 0 bridgehead atoms. The van der Waals surface area contributed by atoms with E-state index in [0.717, 1.165) is 25.7 Å². The van der Waals surface area contributed by atoms with Gasteiger partial charge in [0.2, 0.25) is 0 Å². The zero-order chi connectivity index (χ0) is 16.6. The van der Waals surface area contributed by atoms with Gasteiger partial charge in [0.1, 0.15) is 0 Å². The minimum Gasteiger partial charge on any atom is -0.504 e. The van der Waals surface area contributed by atoms with Crippen LogP contribution in [0.15, 0.2) is 16.9 Å². The first kappa shape index (κ1) is 15.3. The average molecular weight is 318 g/mol. The summed E-state index contributed by atoms with van der Waals surface area (Å²) in [5.41, 5.74) is 0.513. The van der Waals surface area contributed by atoms with Crippen molar-refractivity contribution in [1.82, 2.24) is 9.55 Å². The Morgan fingerprint density at radius 2 is 1.87 bits per heavy atom. The fourth-order valence-electron chi connectivity index (χ4n) is 3.25. The fraction of sp³-hybridized carbons (Fsp3) is 0.438. The predicted octanol–water partition coefficient (Wildman–Crippen LogP) is 1.94. The molecule has 1 saturated carbocycles. The van der Waals surface area contributed by atoms with E-state index in [9.17, 15) is 19.8 Å². The monoisotopic (exact) mass is 318 g/mol. The molecule has 1 aliphatic rings. The first-order valence-electron chi connectivity index (χ1n) is 7.65. The van der Waals surface area contributed by atoms with Crippen molar-refractivity contribution >= 4 is 16.9 Å². The molecule has 0 unspecified atom stereocenters. The average Bonchev–Trinajstić information content (AvgIpc) is 3.01. The van der Waals surface area contributed by atoms with Gasteiger partial charge in [-0.25, -0.2) is 4.79 Å². The molecular formula is C16H18N2O5. The third-order valence-electron chi connectivity index (χ3n) is 4.40. The van der Waals surface area contributed by atoms with Gasteiger partial charge in [-0.15, -0.1) is 0 Å². The minimum absolute atomic E-state index is 0.0349. The van der Waals surface area contributed by atoms with E-state index in [1.165, 1.54) is 16.7 Å². The lowest BCUT2D eigenvalue weighted by Gasteiger charge is -2.16. The Balaban J connectivity index is 2.22. The molecule has 0 aliphatic heterocycles. The van der Waals surface area contributed by atoms with Gasteiger partial charge >= 0.3 is 11.7 Å². The summed E-state index contributed by atoms with van der Waals surface area (Å²) < 4.78 is 1.24. The van der Waals surface area contributed by atoms with E-state index in [0.29, 0.717) is 16.6 Å². The van der Waals surface area contributed by atoms with Gasteiger partial charge in [-0.3, -0.25) is 9.36 Å². The number of rotatable bonds is 4. The van der Waals surface area contributed by atoms with Gasteiger partial charge in [-0.1, -0.05) is 12.8 Å². The maximum atomic E-state index is 12.3. The molecule has 23 heavy (non-hydrogen) atoms. The molecule has 3 N–H and O–H groups in total. The number of benzene rings is 1. The fourth-order valence-corrected chi connectivity index (χ4v) is 3.25. The van der Waals surface area contributed by atoms with Crippen LogP contribution in [0.25, 0.3) is 10.9 Å². The number of aromatic hydroxyl groups is 2. The Labute approximate surface area is 131 Å². The van der Waals surface area contributed by atoms with Gasteiger partial charge in [-0.2, -0.15) is 4.98 Å². The van der Waals surface area contributed by atoms with Crippen molar-refractivity contribution in [2.45, 2.75) is 44.6 Å². The van der Waals surface area contributed by atoms with E-state index in [-0.39, 0.29) is 30.4 Å². The number of hydrogen-bond acceptors (Lipinski definition) is 5. The molecule has 1 aromatic carbocycles. The van der Waals surface area contributed by atoms with Crippen molar-refractivity contribution in [2.24, 2.45) is 0 Å². The normalized spacial score (nSPS) is 15.3. The number of fused-ring (bicyclic) bond motifs is 1. The quantitative estimate of drug-likeness (QED) is 0.743. The van der Waals surface area contributed by atoms with Crippen LogP contribution in [0.4, 0.5) is 0 Å². The largest absolute Gasteiger partial charge is 0.504 e. The number of carboxylic acid groups (broad SMARTS) is 1. The van der Waals surface area contributed by atoms with E-state index in [2.05, 4.69) is 4.98 Å². The summed E-state index contributed by atoms with van der Waals surface area (Å²) in [6.07, 6.45) is 3.78. The molecule has 2 aromatic rings. The lowest BCUT2D eigenvalue weighted by Crippen LogP contribution is -2.26. The number of aliphatic carboxylic acids is 1. The first-order chi connectivity index (χ1) is 11.0. The zero-order valence-corrected chi connectivity index (χ0v) is 12.5. The van der Waals surface area contributed by atoms with Crippen molar-refractivity contribution in [3.63, 3.8) is 0 Å². The van der Waals surface area contributed by atoms with Gasteiger partial charge in [0.25, 0.3) is 0 Å². The molecule has 1 aromatic heterocycles. The van der Waals surface area contributed by atoms with Crippen molar-refractivity contribution in [1.29, 1.82) is 0 Å². The van der Waals surface area contributed by atoms with Gasteiger partial charge in [0.15, 0.2) is 11.5 Å². The van der Waals surface area contributed by atoms with Crippen molar-refractivity contribution in [3.8, 4) is 11.5 Å². The van der Waals surface area contributed by atoms with Gasteiger partial charge in [0, 0.05) is 23.9 Å². The van der Waals surface area contributed by atoms with Crippen LogP contribution in [0.5, 0.6) is 11.5 Å². The maximum Gasteiger partial charge on any atom is 0.348 e. The molecule has 1 fully saturated rings. The highest BCUT2D eigenvalue weighted by atomic mass is 16.4. The molecule has 122 valence electrons. The number of aryl methyl sites for hydroxylation is 1. The summed E-state index contributed by atoms with van der Waals surface area (Å²) in [6.45, 7) is -0.0349. The molecular weight excluding hydrogens is 300 g/mol. The molecule has 1 aliphatic carbocycles. The highest BCUT2D eigenvalue weighted by Gasteiger charge is 2.23. The van der Waals surface area contributed by atoms with Crippen LogP contribution in [-0.4, -0.2) is 30.8 Å². The van der Waals surface area contributed by atoms with Crippen LogP contribution < -0.4 is 5.69 Å². The van der Waals surface area contributed by atoms with E-state index in [4.69, 9.17) is 5.11 Å². The lowest BCUT2D eigenvalue weighted by atomic mass is 9.99. The predicted molar refractivity (Wildman–Crippen MR) is 82.8 cm³/mol. The maximum absolute atomic E-state index is 12.3. The summed E-state index contributed by atoms with van der Waals surface area (Å²) >= 11 is 0. The Bertz CT molecular complexity index is 821. The summed E-state index contributed by atoms with van der Waals surface area (Å²) in [6, 6.07) is 2.70. The van der Waals surface area contributed by atoms with Crippen LogP contribution in [0.1, 0.15) is 43.7 Å². The van der Waals surface area contributed by atoms with Crippen molar-refractivity contribution in [2.75, 3.05) is 0 Å². The van der Waals surface area contributed by atoms with Gasteiger partial charge in [0.05, 0.1) is 17.6 Å². The first-order valence-corrected chi connectivity index (χ1v) is 7.65. The minimum atomic E-state index is -1.02. The second kappa shape index (κ2) is 5.91. The molecule has 7 nitrogen and oxygen atoms in total. The van der Waals surface area contributed by atoms with E-state index >= 15 is 0 Å². The highest BCUT2D eigenvalue weighted by molar-refractivity contribution is 5.85. The zero-order valence-electron chi connectivity index (χ0n) is 12.5. The number of hydrogen-bond donors (Lipinski definition) is 3. The van der Waals surface area contributed by atoms with Crippen LogP contribution in [0.2, 0.25) is 0 Å². The van der Waals surface area contributed by atoms with Crippen LogP contribution in [-0.2, 0) is 11.3 Å². The third-order valence-corrected chi connectivity index (χ3v) is 4.40. The lowest BCUT2D eigenvalue weighted by molar-refractivity contribution is -0.137. The molecule has 0 radical (unpaired) electrons. The summed E-state index contributed by atoms with van der Waals surface area (Å²) in [5, 5.41) is 29.0. The Kier molecular flexibility index (Phi) is 3.94. The number of phenols is 2. The molecule has 3 rings (SSSR count). The molecule has 0 atom stereocenters. The second-order valence-corrected chi connectivity index (χ2v) is 5.91. The molecule has 0 amide bonds. The van der Waals surface area contributed by atoms with E-state index in [1.807, 2.05) is 0 Å². The number of aromatic nitrogens is 2. The van der Waals surface area contributed by atoms with Gasteiger partial charge < -0.3 is 15.3 Å². The van der Waals surface area contributed by atoms with Crippen LogP contribution in [0.3, 0.4) is 0 Å². The van der Waals surface area contributed by atoms with Crippen LogP contribution in [0, 0.1) is 0 Å². The van der Waals surface area contributed by atoms with E-state index in [1.54, 1.807) is 0 Å². The third kappa shape index (κ3) is 2.86.